The first-order chi connectivity index (χ1) is 11.7. The van der Waals surface area contributed by atoms with Gasteiger partial charge in [-0.05, 0) is 33.3 Å². The Bertz CT molecular complexity index is 723. The minimum Gasteiger partial charge on any atom is -0.444 e. The number of aromatic nitrogens is 1. The van der Waals surface area contributed by atoms with Gasteiger partial charge in [0.25, 0.3) is 0 Å². The molecule has 0 aliphatic heterocycles. The Kier molecular flexibility index (Phi) is 6.14. The Morgan fingerprint density at radius 3 is 2.48 bits per heavy atom. The molecule has 0 saturated carbocycles. The summed E-state index contributed by atoms with van der Waals surface area (Å²) >= 11 is 1.34. The zero-order valence-electron chi connectivity index (χ0n) is 14.8. The van der Waals surface area contributed by atoms with Gasteiger partial charge < -0.3 is 15.4 Å². The number of carbonyl (C=O) groups excluding carboxylic acids is 2. The highest BCUT2D eigenvalue weighted by Gasteiger charge is 2.25. The lowest BCUT2D eigenvalue weighted by Gasteiger charge is -2.23. The Morgan fingerprint density at radius 1 is 1.24 bits per heavy atom. The smallest absolute Gasteiger partial charge is 0.408 e. The van der Waals surface area contributed by atoms with Crippen LogP contribution in [0.1, 0.15) is 32.0 Å². The summed E-state index contributed by atoms with van der Waals surface area (Å²) in [4.78, 5) is 28.9. The number of thiazole rings is 1. The van der Waals surface area contributed by atoms with Crippen molar-refractivity contribution in [3.8, 4) is 0 Å². The van der Waals surface area contributed by atoms with E-state index in [2.05, 4.69) is 15.6 Å². The van der Waals surface area contributed by atoms with Gasteiger partial charge in [-0.15, -0.1) is 11.3 Å². The second-order valence-electron chi connectivity index (χ2n) is 6.67. The molecule has 1 atom stereocenters. The lowest BCUT2D eigenvalue weighted by Crippen LogP contribution is -2.47. The average molecular weight is 361 g/mol. The van der Waals surface area contributed by atoms with E-state index in [4.69, 9.17) is 4.74 Å². The van der Waals surface area contributed by atoms with Gasteiger partial charge in [-0.2, -0.15) is 0 Å². The van der Waals surface area contributed by atoms with Crippen LogP contribution in [0.15, 0.2) is 35.7 Å². The second-order valence-corrected chi connectivity index (χ2v) is 7.53. The molecule has 134 valence electrons. The maximum Gasteiger partial charge on any atom is 0.408 e. The van der Waals surface area contributed by atoms with Crippen LogP contribution in [-0.4, -0.2) is 28.6 Å². The molecule has 2 amide bonds. The van der Waals surface area contributed by atoms with E-state index in [1.165, 1.54) is 11.3 Å². The number of benzene rings is 1. The van der Waals surface area contributed by atoms with Crippen molar-refractivity contribution in [3.63, 3.8) is 0 Å². The molecule has 0 fully saturated rings. The Labute approximate surface area is 151 Å². The standard InChI is InChI=1S/C18H23N3O3S/c1-12-11-25-16(19-12)21-15(22)14(10-13-8-6-5-7-9-13)20-17(23)24-18(2,3)4/h5-9,11,14H,10H2,1-4H3,(H,20,23)(H,19,21,22)/t14-/m0/s1. The molecule has 2 aromatic rings. The monoisotopic (exact) mass is 361 g/mol. The van der Waals surface area contributed by atoms with Crippen molar-refractivity contribution in [2.24, 2.45) is 0 Å². The predicted octanol–water partition coefficient (Wildman–Crippen LogP) is 3.53. The van der Waals surface area contributed by atoms with Crippen LogP contribution in [0.5, 0.6) is 0 Å². The quantitative estimate of drug-likeness (QED) is 0.854. The number of aryl methyl sites for hydroxylation is 1. The van der Waals surface area contributed by atoms with E-state index in [9.17, 15) is 9.59 Å². The normalized spacial score (nSPS) is 12.3. The van der Waals surface area contributed by atoms with Crippen LogP contribution >= 0.6 is 11.3 Å². The van der Waals surface area contributed by atoms with Crippen molar-refractivity contribution in [2.45, 2.75) is 45.8 Å². The van der Waals surface area contributed by atoms with E-state index in [1.54, 1.807) is 20.8 Å². The molecular weight excluding hydrogens is 338 g/mol. The number of nitrogens with one attached hydrogen (secondary N) is 2. The van der Waals surface area contributed by atoms with E-state index in [0.29, 0.717) is 11.6 Å². The summed E-state index contributed by atoms with van der Waals surface area (Å²) in [5, 5.41) is 7.76. The summed E-state index contributed by atoms with van der Waals surface area (Å²) in [6.07, 6.45) is -0.269. The first-order valence-electron chi connectivity index (χ1n) is 7.99. The number of carbonyl (C=O) groups is 2. The number of nitrogens with zero attached hydrogens (tertiary/aromatic N) is 1. The van der Waals surface area contributed by atoms with Crippen LogP contribution in [0.25, 0.3) is 0 Å². The maximum absolute atomic E-state index is 12.6. The van der Waals surface area contributed by atoms with Crippen molar-refractivity contribution >= 4 is 28.5 Å². The average Bonchev–Trinajstić information content (AvgIpc) is 2.91. The number of anilines is 1. The van der Waals surface area contributed by atoms with Gasteiger partial charge in [-0.25, -0.2) is 9.78 Å². The minimum absolute atomic E-state index is 0.330. The van der Waals surface area contributed by atoms with Gasteiger partial charge in [0.2, 0.25) is 5.91 Å². The minimum atomic E-state index is -0.763. The summed E-state index contributed by atoms with van der Waals surface area (Å²) < 4.78 is 5.27. The molecule has 2 rings (SSSR count). The summed E-state index contributed by atoms with van der Waals surface area (Å²) in [5.74, 6) is -0.330. The Balaban J connectivity index is 2.10. The van der Waals surface area contributed by atoms with Gasteiger partial charge in [0.05, 0.1) is 5.69 Å². The highest BCUT2D eigenvalue weighted by atomic mass is 32.1. The third kappa shape index (κ3) is 6.54. The lowest BCUT2D eigenvalue weighted by atomic mass is 10.1. The van der Waals surface area contributed by atoms with E-state index >= 15 is 0 Å². The summed E-state index contributed by atoms with van der Waals surface area (Å²) in [6, 6.07) is 8.73. The maximum atomic E-state index is 12.6. The number of rotatable bonds is 5. The summed E-state index contributed by atoms with van der Waals surface area (Å²) in [6.45, 7) is 7.18. The number of hydrogen-bond acceptors (Lipinski definition) is 5. The highest BCUT2D eigenvalue weighted by Crippen LogP contribution is 2.15. The van der Waals surface area contributed by atoms with Crippen molar-refractivity contribution in [2.75, 3.05) is 5.32 Å². The molecule has 0 unspecified atom stereocenters. The van der Waals surface area contributed by atoms with E-state index in [0.717, 1.165) is 11.3 Å². The molecule has 6 nitrogen and oxygen atoms in total. The third-order valence-electron chi connectivity index (χ3n) is 3.14. The van der Waals surface area contributed by atoms with Gasteiger partial charge in [-0.3, -0.25) is 4.79 Å². The zero-order valence-corrected chi connectivity index (χ0v) is 15.6. The molecule has 7 heteroatoms. The van der Waals surface area contributed by atoms with E-state index in [1.807, 2.05) is 42.6 Å². The fourth-order valence-electron chi connectivity index (χ4n) is 2.11. The molecule has 0 bridgehead atoms. The Hall–Kier alpha value is -2.41. The molecule has 0 aliphatic rings. The molecule has 0 aliphatic carbocycles. The van der Waals surface area contributed by atoms with E-state index in [-0.39, 0.29) is 5.91 Å². The summed E-state index contributed by atoms with van der Waals surface area (Å²) in [5.41, 5.74) is 1.14. The number of hydrogen-bond donors (Lipinski definition) is 2. The topological polar surface area (TPSA) is 80.3 Å². The molecule has 0 spiro atoms. The van der Waals surface area contributed by atoms with E-state index < -0.39 is 17.7 Å². The molecule has 25 heavy (non-hydrogen) atoms. The molecule has 1 aromatic carbocycles. The fraction of sp³-hybridized carbons (Fsp3) is 0.389. The van der Waals surface area contributed by atoms with Crippen LogP contribution in [0.4, 0.5) is 9.93 Å². The lowest BCUT2D eigenvalue weighted by molar-refractivity contribution is -0.118. The van der Waals surface area contributed by atoms with Crippen LogP contribution in [0.3, 0.4) is 0 Å². The van der Waals surface area contributed by atoms with Crippen LogP contribution in [0, 0.1) is 6.92 Å². The molecule has 2 N–H and O–H groups in total. The van der Waals surface area contributed by atoms with Gasteiger partial charge in [0.15, 0.2) is 5.13 Å². The number of alkyl carbamates (subject to hydrolysis) is 1. The van der Waals surface area contributed by atoms with Crippen molar-refractivity contribution in [1.82, 2.24) is 10.3 Å². The van der Waals surface area contributed by atoms with Gasteiger partial charge >= 0.3 is 6.09 Å². The molecule has 0 saturated heterocycles. The first kappa shape index (κ1) is 18.9. The van der Waals surface area contributed by atoms with Crippen molar-refractivity contribution in [3.05, 3.63) is 47.0 Å². The van der Waals surface area contributed by atoms with Crippen LogP contribution < -0.4 is 10.6 Å². The molecule has 1 heterocycles. The van der Waals surface area contributed by atoms with Gasteiger partial charge in [-0.1, -0.05) is 30.3 Å². The van der Waals surface area contributed by atoms with Gasteiger partial charge in [0, 0.05) is 11.8 Å². The van der Waals surface area contributed by atoms with Crippen LogP contribution in [-0.2, 0) is 16.0 Å². The second kappa shape index (κ2) is 8.11. The van der Waals surface area contributed by atoms with Crippen molar-refractivity contribution < 1.29 is 14.3 Å². The largest absolute Gasteiger partial charge is 0.444 e. The SMILES string of the molecule is Cc1csc(NC(=O)[C@H](Cc2ccccc2)NC(=O)OC(C)(C)C)n1. The highest BCUT2D eigenvalue weighted by molar-refractivity contribution is 7.13. The number of ether oxygens (including phenoxy) is 1. The first-order valence-corrected chi connectivity index (χ1v) is 8.87. The summed E-state index contributed by atoms with van der Waals surface area (Å²) in [7, 11) is 0. The zero-order chi connectivity index (χ0) is 18.4. The molecule has 0 radical (unpaired) electrons. The van der Waals surface area contributed by atoms with Crippen molar-refractivity contribution in [1.29, 1.82) is 0 Å². The predicted molar refractivity (Wildman–Crippen MR) is 98.8 cm³/mol. The molecular formula is C18H23N3O3S. The Morgan fingerprint density at radius 2 is 1.92 bits per heavy atom. The third-order valence-corrected chi connectivity index (χ3v) is 4.01. The van der Waals surface area contributed by atoms with Gasteiger partial charge in [0.1, 0.15) is 11.6 Å². The number of amides is 2. The van der Waals surface area contributed by atoms with Crippen LogP contribution in [0.2, 0.25) is 0 Å². The fourth-order valence-corrected chi connectivity index (χ4v) is 2.80. The molecule has 1 aromatic heterocycles.